The van der Waals surface area contributed by atoms with Gasteiger partial charge < -0.3 is 9.15 Å². The van der Waals surface area contributed by atoms with Crippen LogP contribution in [-0.2, 0) is 0 Å². The standard InChI is InChI=1S/C13H12O3/c1-9-11(4-3-5-12(9)15-2)13-7-6-10(8-14)16-13/h3-8H,1-2H3. The summed E-state index contributed by atoms with van der Waals surface area (Å²) in [6.45, 7) is 1.96. The molecule has 0 atom stereocenters. The number of benzene rings is 1. The average Bonchev–Trinajstić information content (AvgIpc) is 2.78. The monoisotopic (exact) mass is 216 g/mol. The van der Waals surface area contributed by atoms with Gasteiger partial charge in [0.05, 0.1) is 7.11 Å². The molecule has 0 amide bonds. The summed E-state index contributed by atoms with van der Waals surface area (Å²) in [4.78, 5) is 10.5. The Morgan fingerprint density at radius 3 is 2.69 bits per heavy atom. The lowest BCUT2D eigenvalue weighted by molar-refractivity contribution is 0.110. The fraction of sp³-hybridized carbons (Fsp3) is 0.154. The Bertz CT molecular complexity index is 512. The summed E-state index contributed by atoms with van der Waals surface area (Å²) in [5.41, 5.74) is 1.93. The highest BCUT2D eigenvalue weighted by molar-refractivity contribution is 5.74. The number of methoxy groups -OCH3 is 1. The number of aldehydes is 1. The molecule has 2 aromatic rings. The summed E-state index contributed by atoms with van der Waals surface area (Å²) in [7, 11) is 1.63. The van der Waals surface area contributed by atoms with Crippen molar-refractivity contribution in [3.8, 4) is 17.1 Å². The van der Waals surface area contributed by atoms with Crippen molar-refractivity contribution in [1.29, 1.82) is 0 Å². The largest absolute Gasteiger partial charge is 0.496 e. The summed E-state index contributed by atoms with van der Waals surface area (Å²) in [6.07, 6.45) is 0.693. The maximum atomic E-state index is 10.5. The van der Waals surface area contributed by atoms with Gasteiger partial charge in [-0.2, -0.15) is 0 Å². The zero-order valence-electron chi connectivity index (χ0n) is 9.19. The van der Waals surface area contributed by atoms with E-state index >= 15 is 0 Å². The lowest BCUT2D eigenvalue weighted by Gasteiger charge is -2.07. The molecule has 0 spiro atoms. The van der Waals surface area contributed by atoms with Crippen LogP contribution < -0.4 is 4.74 Å². The first-order valence-electron chi connectivity index (χ1n) is 4.95. The predicted molar refractivity (Wildman–Crippen MR) is 60.8 cm³/mol. The highest BCUT2D eigenvalue weighted by Gasteiger charge is 2.09. The van der Waals surface area contributed by atoms with Crippen LogP contribution in [0.1, 0.15) is 16.1 Å². The molecule has 1 aromatic heterocycles. The van der Waals surface area contributed by atoms with Gasteiger partial charge in [-0.05, 0) is 25.1 Å². The van der Waals surface area contributed by atoms with Crippen LogP contribution in [0.5, 0.6) is 5.75 Å². The van der Waals surface area contributed by atoms with E-state index in [9.17, 15) is 4.79 Å². The molecule has 2 rings (SSSR count). The van der Waals surface area contributed by atoms with Crippen molar-refractivity contribution >= 4 is 6.29 Å². The zero-order valence-corrected chi connectivity index (χ0v) is 9.19. The fourth-order valence-electron chi connectivity index (χ4n) is 1.66. The Balaban J connectivity index is 2.51. The minimum absolute atomic E-state index is 0.331. The highest BCUT2D eigenvalue weighted by Crippen LogP contribution is 2.30. The number of furan rings is 1. The second-order valence-electron chi connectivity index (χ2n) is 3.45. The van der Waals surface area contributed by atoms with E-state index in [0.29, 0.717) is 17.8 Å². The molecule has 0 fully saturated rings. The molecule has 0 aliphatic rings. The number of hydrogen-bond acceptors (Lipinski definition) is 3. The first-order chi connectivity index (χ1) is 7.76. The van der Waals surface area contributed by atoms with Crippen molar-refractivity contribution in [3.63, 3.8) is 0 Å². The third-order valence-electron chi connectivity index (χ3n) is 2.51. The van der Waals surface area contributed by atoms with E-state index in [-0.39, 0.29) is 0 Å². The van der Waals surface area contributed by atoms with Gasteiger partial charge in [-0.1, -0.05) is 12.1 Å². The molecule has 0 aliphatic heterocycles. The first-order valence-corrected chi connectivity index (χ1v) is 4.95. The van der Waals surface area contributed by atoms with E-state index in [1.165, 1.54) is 0 Å². The van der Waals surface area contributed by atoms with Gasteiger partial charge in [-0.3, -0.25) is 4.79 Å². The van der Waals surface area contributed by atoms with Crippen LogP contribution in [0.4, 0.5) is 0 Å². The van der Waals surface area contributed by atoms with Gasteiger partial charge in [0, 0.05) is 11.1 Å². The van der Waals surface area contributed by atoms with Crippen molar-refractivity contribution in [1.82, 2.24) is 0 Å². The molecule has 3 heteroatoms. The van der Waals surface area contributed by atoms with Crippen molar-refractivity contribution in [2.75, 3.05) is 7.11 Å². The molecule has 1 aromatic carbocycles. The molecule has 0 radical (unpaired) electrons. The number of ether oxygens (including phenoxy) is 1. The van der Waals surface area contributed by atoms with Crippen molar-refractivity contribution < 1.29 is 13.9 Å². The summed E-state index contributed by atoms with van der Waals surface area (Å²) >= 11 is 0. The zero-order chi connectivity index (χ0) is 11.5. The van der Waals surface area contributed by atoms with E-state index in [1.807, 2.05) is 25.1 Å². The molecule has 82 valence electrons. The topological polar surface area (TPSA) is 39.4 Å². The summed E-state index contributed by atoms with van der Waals surface area (Å²) in [5, 5.41) is 0. The van der Waals surface area contributed by atoms with Gasteiger partial charge >= 0.3 is 0 Å². The molecule has 0 N–H and O–H groups in total. The Hall–Kier alpha value is -2.03. The van der Waals surface area contributed by atoms with Crippen LogP contribution in [0.15, 0.2) is 34.7 Å². The van der Waals surface area contributed by atoms with Crippen LogP contribution in [-0.4, -0.2) is 13.4 Å². The fourth-order valence-corrected chi connectivity index (χ4v) is 1.66. The van der Waals surface area contributed by atoms with Crippen LogP contribution in [0, 0.1) is 6.92 Å². The van der Waals surface area contributed by atoms with E-state index in [4.69, 9.17) is 9.15 Å². The Kier molecular flexibility index (Phi) is 2.77. The summed E-state index contributed by atoms with van der Waals surface area (Å²) < 4.78 is 10.6. The third-order valence-corrected chi connectivity index (χ3v) is 2.51. The molecular weight excluding hydrogens is 204 g/mol. The molecule has 0 aliphatic carbocycles. The van der Waals surface area contributed by atoms with E-state index in [0.717, 1.165) is 16.9 Å². The minimum Gasteiger partial charge on any atom is -0.496 e. The summed E-state index contributed by atoms with van der Waals surface area (Å²) in [5.74, 6) is 1.82. The second-order valence-corrected chi connectivity index (χ2v) is 3.45. The van der Waals surface area contributed by atoms with Gasteiger partial charge in [0.25, 0.3) is 0 Å². The quantitative estimate of drug-likeness (QED) is 0.740. The maximum absolute atomic E-state index is 10.5. The minimum atomic E-state index is 0.331. The van der Waals surface area contributed by atoms with Gasteiger partial charge in [-0.15, -0.1) is 0 Å². The Morgan fingerprint density at radius 1 is 1.25 bits per heavy atom. The normalized spacial score (nSPS) is 10.1. The number of hydrogen-bond donors (Lipinski definition) is 0. The molecule has 0 saturated heterocycles. The predicted octanol–water partition coefficient (Wildman–Crippen LogP) is 3.08. The smallest absolute Gasteiger partial charge is 0.185 e. The van der Waals surface area contributed by atoms with Gasteiger partial charge in [-0.25, -0.2) is 0 Å². The first kappa shape index (κ1) is 10.5. The molecule has 1 heterocycles. The summed E-state index contributed by atoms with van der Waals surface area (Å²) in [6, 6.07) is 9.16. The molecule has 3 nitrogen and oxygen atoms in total. The van der Waals surface area contributed by atoms with Crippen molar-refractivity contribution in [2.24, 2.45) is 0 Å². The second kappa shape index (κ2) is 4.23. The molecule has 0 unspecified atom stereocenters. The third kappa shape index (κ3) is 1.72. The lowest BCUT2D eigenvalue weighted by Crippen LogP contribution is -1.89. The molecule has 0 saturated carbocycles. The van der Waals surface area contributed by atoms with Gasteiger partial charge in [0.15, 0.2) is 12.0 Å². The number of carbonyl (C=O) groups excluding carboxylic acids is 1. The maximum Gasteiger partial charge on any atom is 0.185 e. The van der Waals surface area contributed by atoms with Gasteiger partial charge in [0.1, 0.15) is 11.5 Å². The van der Waals surface area contributed by atoms with Gasteiger partial charge in [0.2, 0.25) is 0 Å². The lowest BCUT2D eigenvalue weighted by atomic mass is 10.1. The number of rotatable bonds is 3. The Morgan fingerprint density at radius 2 is 2.06 bits per heavy atom. The highest BCUT2D eigenvalue weighted by atomic mass is 16.5. The van der Waals surface area contributed by atoms with Crippen LogP contribution in [0.3, 0.4) is 0 Å². The van der Waals surface area contributed by atoms with Crippen molar-refractivity contribution in [3.05, 3.63) is 41.7 Å². The van der Waals surface area contributed by atoms with Crippen LogP contribution >= 0.6 is 0 Å². The van der Waals surface area contributed by atoms with Crippen LogP contribution in [0.2, 0.25) is 0 Å². The Labute approximate surface area is 93.7 Å². The number of carbonyl (C=O) groups is 1. The van der Waals surface area contributed by atoms with E-state index < -0.39 is 0 Å². The van der Waals surface area contributed by atoms with Crippen LogP contribution in [0.25, 0.3) is 11.3 Å². The van der Waals surface area contributed by atoms with E-state index in [1.54, 1.807) is 19.2 Å². The SMILES string of the molecule is COc1cccc(-c2ccc(C=O)o2)c1C. The van der Waals surface area contributed by atoms with Crippen molar-refractivity contribution in [2.45, 2.75) is 6.92 Å². The molecule has 16 heavy (non-hydrogen) atoms. The van der Waals surface area contributed by atoms with E-state index in [2.05, 4.69) is 0 Å². The average molecular weight is 216 g/mol. The molecule has 0 bridgehead atoms. The molecular formula is C13H12O3.